The van der Waals surface area contributed by atoms with Crippen molar-refractivity contribution in [2.24, 2.45) is 29.6 Å². The van der Waals surface area contributed by atoms with Gasteiger partial charge in [0.05, 0.1) is 16.9 Å². The summed E-state index contributed by atoms with van der Waals surface area (Å²) in [5.74, 6) is -2.29. The number of carboxylic acids is 1. The number of rotatable bonds is 3. The number of hydrogen-bond acceptors (Lipinski definition) is 6. The maximum absolute atomic E-state index is 13.1. The van der Waals surface area contributed by atoms with E-state index in [0.717, 1.165) is 27.6 Å². The smallest absolute Gasteiger partial charge is 0.326 e. The third-order valence-electron chi connectivity index (χ3n) is 7.74. The van der Waals surface area contributed by atoms with Crippen molar-refractivity contribution in [3.8, 4) is 0 Å². The van der Waals surface area contributed by atoms with Gasteiger partial charge in [0.2, 0.25) is 11.8 Å². The molecule has 1 aromatic rings. The van der Waals surface area contributed by atoms with Gasteiger partial charge in [-0.25, -0.2) is 4.79 Å². The lowest BCUT2D eigenvalue weighted by Gasteiger charge is -2.48. The van der Waals surface area contributed by atoms with Gasteiger partial charge in [0.1, 0.15) is 6.04 Å². The molecule has 2 N–H and O–H groups in total. The number of likely N-dealkylation sites (tertiary alicyclic amines) is 1. The second-order valence-electron chi connectivity index (χ2n) is 8.73. The molecule has 3 fully saturated rings. The van der Waals surface area contributed by atoms with Gasteiger partial charge in [-0.3, -0.25) is 19.3 Å². The summed E-state index contributed by atoms with van der Waals surface area (Å²) < 4.78 is 0. The zero-order chi connectivity index (χ0) is 20.1. The number of carbonyl (C=O) groups is 3. The predicted molar refractivity (Wildman–Crippen MR) is 103 cm³/mol. The van der Waals surface area contributed by atoms with E-state index in [-0.39, 0.29) is 45.1 Å². The standard InChI is InChI=1S/C19H22N2O5S2/c1-4-19(3)11-7-5-8(12(11)27-14-13(19)28-18(26)20-14)10-9(7)15(22)21(16(10)23)6(2)17(24)25/h6-12H,4-5H2,1-3H3,(H,20,26)(H,24,25)/t6-,7+,8+,9+,10+,11+,12-,19+/m1/s1. The van der Waals surface area contributed by atoms with Crippen LogP contribution in [0, 0.1) is 29.6 Å². The van der Waals surface area contributed by atoms with Crippen molar-refractivity contribution in [2.75, 3.05) is 0 Å². The van der Waals surface area contributed by atoms with Crippen LogP contribution in [0.15, 0.2) is 9.82 Å². The van der Waals surface area contributed by atoms with Crippen LogP contribution in [0.1, 0.15) is 38.5 Å². The van der Waals surface area contributed by atoms with E-state index in [2.05, 4.69) is 18.8 Å². The van der Waals surface area contributed by atoms with E-state index >= 15 is 0 Å². The average Bonchev–Trinajstić information content (AvgIpc) is 3.36. The molecule has 2 amide bonds. The van der Waals surface area contributed by atoms with E-state index in [1.165, 1.54) is 18.3 Å². The fourth-order valence-electron chi connectivity index (χ4n) is 6.41. The van der Waals surface area contributed by atoms with Crippen LogP contribution >= 0.6 is 23.1 Å². The fraction of sp³-hybridized carbons (Fsp3) is 0.684. The minimum absolute atomic E-state index is 0.0508. The Morgan fingerprint density at radius 1 is 1.29 bits per heavy atom. The molecule has 4 aliphatic rings. The normalized spacial score (nSPS) is 41.8. The Kier molecular flexibility index (Phi) is 3.76. The van der Waals surface area contributed by atoms with Crippen LogP contribution in [0.5, 0.6) is 0 Å². The number of imide groups is 1. The number of nitrogens with one attached hydrogen (secondary N) is 1. The van der Waals surface area contributed by atoms with Gasteiger partial charge in [-0.1, -0.05) is 25.2 Å². The number of aliphatic carboxylic acids is 1. The van der Waals surface area contributed by atoms with Crippen molar-refractivity contribution in [1.82, 2.24) is 9.88 Å². The van der Waals surface area contributed by atoms with E-state index in [1.807, 2.05) is 0 Å². The summed E-state index contributed by atoms with van der Waals surface area (Å²) in [5.41, 5.74) is -0.214. The van der Waals surface area contributed by atoms with Gasteiger partial charge < -0.3 is 10.1 Å². The number of thioether (sulfide) groups is 1. The predicted octanol–water partition coefficient (Wildman–Crippen LogP) is 1.92. The number of thiazole rings is 1. The summed E-state index contributed by atoms with van der Waals surface area (Å²) in [6, 6.07) is -1.13. The second-order valence-corrected chi connectivity index (χ2v) is 10.9. The third kappa shape index (κ3) is 2.01. The van der Waals surface area contributed by atoms with E-state index in [4.69, 9.17) is 0 Å². The molecule has 2 saturated carbocycles. The molecule has 150 valence electrons. The van der Waals surface area contributed by atoms with Crippen LogP contribution in [0.2, 0.25) is 0 Å². The molecule has 0 spiro atoms. The summed E-state index contributed by atoms with van der Waals surface area (Å²) in [5, 5.41) is 10.4. The van der Waals surface area contributed by atoms with Crippen LogP contribution in [0.3, 0.4) is 0 Å². The quantitative estimate of drug-likeness (QED) is 0.721. The Hall–Kier alpha value is -1.61. The minimum Gasteiger partial charge on any atom is -0.480 e. The summed E-state index contributed by atoms with van der Waals surface area (Å²) in [4.78, 5) is 54.6. The zero-order valence-electron chi connectivity index (χ0n) is 15.8. The van der Waals surface area contributed by atoms with Crippen molar-refractivity contribution in [3.63, 3.8) is 0 Å². The minimum atomic E-state index is -1.15. The molecule has 1 saturated heterocycles. The lowest BCUT2D eigenvalue weighted by Crippen LogP contribution is -2.49. The lowest BCUT2D eigenvalue weighted by atomic mass is 9.62. The molecule has 2 aliphatic carbocycles. The maximum atomic E-state index is 13.1. The molecule has 5 rings (SSSR count). The molecule has 0 radical (unpaired) electrons. The topological polar surface area (TPSA) is 108 Å². The highest BCUT2D eigenvalue weighted by molar-refractivity contribution is 8.00. The van der Waals surface area contributed by atoms with Gasteiger partial charge in [-0.05, 0) is 37.5 Å². The van der Waals surface area contributed by atoms with Crippen LogP contribution < -0.4 is 4.87 Å². The van der Waals surface area contributed by atoms with Crippen LogP contribution in [-0.4, -0.2) is 44.1 Å². The highest BCUT2D eigenvalue weighted by atomic mass is 32.2. The number of hydrogen-bond donors (Lipinski definition) is 2. The molecule has 28 heavy (non-hydrogen) atoms. The van der Waals surface area contributed by atoms with Gasteiger partial charge in [0.25, 0.3) is 0 Å². The van der Waals surface area contributed by atoms with E-state index in [9.17, 15) is 24.3 Å². The van der Waals surface area contributed by atoms with Crippen molar-refractivity contribution >= 4 is 40.9 Å². The van der Waals surface area contributed by atoms with Gasteiger partial charge in [-0.15, -0.1) is 11.8 Å². The van der Waals surface area contributed by atoms with Crippen molar-refractivity contribution in [2.45, 2.75) is 55.3 Å². The maximum Gasteiger partial charge on any atom is 0.326 e. The Labute approximate surface area is 169 Å². The van der Waals surface area contributed by atoms with Crippen LogP contribution in [0.25, 0.3) is 0 Å². The van der Waals surface area contributed by atoms with Gasteiger partial charge >= 0.3 is 10.8 Å². The second kappa shape index (κ2) is 5.72. The zero-order valence-corrected chi connectivity index (χ0v) is 17.4. The number of aromatic nitrogens is 1. The molecule has 1 aromatic heterocycles. The Balaban J connectivity index is 1.59. The average molecular weight is 423 g/mol. The van der Waals surface area contributed by atoms with Crippen molar-refractivity contribution in [1.29, 1.82) is 0 Å². The molecule has 8 atom stereocenters. The largest absolute Gasteiger partial charge is 0.480 e. The number of amides is 2. The summed E-state index contributed by atoms with van der Waals surface area (Å²) in [7, 11) is 0. The Bertz CT molecular complexity index is 970. The van der Waals surface area contributed by atoms with Gasteiger partial charge in [-0.2, -0.15) is 0 Å². The molecular formula is C19H22N2O5S2. The first kappa shape index (κ1) is 18.4. The molecule has 0 unspecified atom stereocenters. The molecule has 0 aromatic carbocycles. The number of aromatic amines is 1. The Morgan fingerprint density at radius 3 is 2.54 bits per heavy atom. The van der Waals surface area contributed by atoms with Crippen LogP contribution in [-0.2, 0) is 19.8 Å². The summed E-state index contributed by atoms with van der Waals surface area (Å²) >= 11 is 2.92. The first-order chi connectivity index (χ1) is 13.2. The van der Waals surface area contributed by atoms with Crippen molar-refractivity contribution < 1.29 is 19.5 Å². The number of carboxylic acid groups (broad SMARTS) is 1. The van der Waals surface area contributed by atoms with Crippen LogP contribution in [0.4, 0.5) is 0 Å². The molecule has 2 aliphatic heterocycles. The highest BCUT2D eigenvalue weighted by Gasteiger charge is 2.71. The highest BCUT2D eigenvalue weighted by Crippen LogP contribution is 2.69. The molecular weight excluding hydrogens is 400 g/mol. The summed E-state index contributed by atoms with van der Waals surface area (Å²) in [6.07, 6.45) is 1.69. The monoisotopic (exact) mass is 422 g/mol. The molecule has 7 nitrogen and oxygen atoms in total. The first-order valence-electron chi connectivity index (χ1n) is 9.70. The lowest BCUT2D eigenvalue weighted by molar-refractivity contribution is -0.154. The number of H-pyrrole nitrogens is 1. The van der Waals surface area contributed by atoms with Gasteiger partial charge in [0.15, 0.2) is 0 Å². The van der Waals surface area contributed by atoms with Crippen molar-refractivity contribution in [3.05, 3.63) is 14.5 Å². The molecule has 2 bridgehead atoms. The van der Waals surface area contributed by atoms with E-state index in [1.54, 1.807) is 11.8 Å². The third-order valence-corrected chi connectivity index (χ3v) is 10.5. The number of carbonyl (C=O) groups excluding carboxylic acids is 2. The molecule has 9 heteroatoms. The SMILES string of the molecule is CC[C@]1(C)c2sc(=O)[nH]c2S[C@@H]2[C@H]3C[C@@H]([C@@H]4C(=O)N([C@H](C)C(=O)O)C(=O)[C@@H]34)[C@@H]21. The number of nitrogens with zero attached hydrogens (tertiary/aromatic N) is 1. The Morgan fingerprint density at radius 2 is 1.93 bits per heavy atom. The summed E-state index contributed by atoms with van der Waals surface area (Å²) in [6.45, 7) is 5.70. The van der Waals surface area contributed by atoms with Gasteiger partial charge in [0, 0.05) is 15.5 Å². The first-order valence-corrected chi connectivity index (χ1v) is 11.4. The fourth-order valence-corrected chi connectivity index (χ4v) is 9.60. The van der Waals surface area contributed by atoms with E-state index in [0.29, 0.717) is 0 Å². The van der Waals surface area contributed by atoms with E-state index < -0.39 is 23.8 Å². The molecule has 3 heterocycles. The number of fused-ring (bicyclic) bond motifs is 9.